The van der Waals surface area contributed by atoms with Crippen LogP contribution in [0, 0.1) is 0 Å². The average Bonchev–Trinajstić information content (AvgIpc) is 2.80. The monoisotopic (exact) mass is 435 g/mol. The Hall–Kier alpha value is -2.59. The highest BCUT2D eigenvalue weighted by atomic mass is 32.2. The maximum Gasteiger partial charge on any atom is 0.243 e. The zero-order valence-corrected chi connectivity index (χ0v) is 18.7. The molecule has 0 spiro atoms. The standard InChI is InChI=1S/C20H29N5O4S/c1-5-23(6-2)19-9-10-20(22-21-19)24-11-13-25(14-12-24)30(26,27)16-7-8-17(28-3)18(15-16)29-4/h7-10,15H,5-6,11-14H2,1-4H3. The predicted molar refractivity (Wildman–Crippen MR) is 116 cm³/mol. The summed E-state index contributed by atoms with van der Waals surface area (Å²) in [6, 6.07) is 8.55. The molecule has 0 amide bonds. The van der Waals surface area contributed by atoms with Gasteiger partial charge in [-0.25, -0.2) is 8.42 Å². The van der Waals surface area contributed by atoms with Gasteiger partial charge in [-0.1, -0.05) is 0 Å². The van der Waals surface area contributed by atoms with Crippen molar-refractivity contribution in [3.8, 4) is 11.5 Å². The van der Waals surface area contributed by atoms with Crippen LogP contribution in [0.2, 0.25) is 0 Å². The van der Waals surface area contributed by atoms with E-state index >= 15 is 0 Å². The molecule has 3 rings (SSSR count). The summed E-state index contributed by atoms with van der Waals surface area (Å²) >= 11 is 0. The molecule has 1 aromatic carbocycles. The fourth-order valence-electron chi connectivity index (χ4n) is 3.49. The van der Waals surface area contributed by atoms with E-state index in [1.54, 1.807) is 12.1 Å². The number of sulfonamides is 1. The lowest BCUT2D eigenvalue weighted by Crippen LogP contribution is -2.49. The van der Waals surface area contributed by atoms with Crippen molar-refractivity contribution >= 4 is 21.7 Å². The lowest BCUT2D eigenvalue weighted by molar-refractivity contribution is 0.353. The number of anilines is 2. The van der Waals surface area contributed by atoms with Gasteiger partial charge in [0.1, 0.15) is 0 Å². The first-order valence-electron chi connectivity index (χ1n) is 10.00. The van der Waals surface area contributed by atoms with E-state index in [1.807, 2.05) is 12.1 Å². The van der Waals surface area contributed by atoms with Crippen molar-refractivity contribution < 1.29 is 17.9 Å². The smallest absolute Gasteiger partial charge is 0.243 e. The van der Waals surface area contributed by atoms with E-state index in [2.05, 4.69) is 33.8 Å². The number of hydrogen-bond donors (Lipinski definition) is 0. The summed E-state index contributed by atoms with van der Waals surface area (Å²) in [4.78, 5) is 4.38. The van der Waals surface area contributed by atoms with Crippen molar-refractivity contribution in [3.05, 3.63) is 30.3 Å². The summed E-state index contributed by atoms with van der Waals surface area (Å²) in [5, 5.41) is 8.67. The van der Waals surface area contributed by atoms with Crippen LogP contribution in [0.3, 0.4) is 0 Å². The molecule has 164 valence electrons. The van der Waals surface area contributed by atoms with Crippen LogP contribution in [0.4, 0.5) is 11.6 Å². The number of nitrogens with zero attached hydrogens (tertiary/aromatic N) is 5. The molecule has 0 atom stereocenters. The molecule has 30 heavy (non-hydrogen) atoms. The molecule has 2 heterocycles. The molecule has 1 saturated heterocycles. The number of aromatic nitrogens is 2. The predicted octanol–water partition coefficient (Wildman–Crippen LogP) is 1.85. The zero-order chi connectivity index (χ0) is 21.7. The lowest BCUT2D eigenvalue weighted by Gasteiger charge is -2.34. The molecule has 0 saturated carbocycles. The second kappa shape index (κ2) is 9.48. The van der Waals surface area contributed by atoms with Gasteiger partial charge in [0.15, 0.2) is 23.1 Å². The Kier molecular flexibility index (Phi) is 6.99. The van der Waals surface area contributed by atoms with Gasteiger partial charge in [0.05, 0.1) is 19.1 Å². The molecule has 1 aromatic heterocycles. The van der Waals surface area contributed by atoms with E-state index in [0.717, 1.165) is 24.7 Å². The fraction of sp³-hybridized carbons (Fsp3) is 0.500. The Labute approximate surface area is 178 Å². The van der Waals surface area contributed by atoms with E-state index in [9.17, 15) is 8.42 Å². The van der Waals surface area contributed by atoms with E-state index < -0.39 is 10.0 Å². The summed E-state index contributed by atoms with van der Waals surface area (Å²) in [6.07, 6.45) is 0. The Morgan fingerprint density at radius 1 is 0.933 bits per heavy atom. The van der Waals surface area contributed by atoms with Crippen molar-refractivity contribution in [2.75, 3.05) is 63.3 Å². The van der Waals surface area contributed by atoms with Gasteiger partial charge in [-0.2, -0.15) is 4.31 Å². The van der Waals surface area contributed by atoms with Crippen LogP contribution in [-0.4, -0.2) is 76.4 Å². The van der Waals surface area contributed by atoms with Crippen molar-refractivity contribution in [1.29, 1.82) is 0 Å². The highest BCUT2D eigenvalue weighted by Gasteiger charge is 2.30. The van der Waals surface area contributed by atoms with E-state index in [0.29, 0.717) is 37.7 Å². The number of benzene rings is 1. The molecule has 0 bridgehead atoms. The minimum Gasteiger partial charge on any atom is -0.493 e. The molecule has 0 N–H and O–H groups in total. The van der Waals surface area contributed by atoms with Crippen LogP contribution < -0.4 is 19.3 Å². The van der Waals surface area contributed by atoms with Gasteiger partial charge in [0.25, 0.3) is 0 Å². The molecule has 9 nitrogen and oxygen atoms in total. The second-order valence-electron chi connectivity index (χ2n) is 6.83. The van der Waals surface area contributed by atoms with Crippen molar-refractivity contribution in [1.82, 2.24) is 14.5 Å². The van der Waals surface area contributed by atoms with Crippen LogP contribution in [0.5, 0.6) is 11.5 Å². The average molecular weight is 436 g/mol. The Morgan fingerprint density at radius 2 is 1.60 bits per heavy atom. The molecule has 1 aliphatic heterocycles. The van der Waals surface area contributed by atoms with Crippen LogP contribution in [0.25, 0.3) is 0 Å². The molecular formula is C20H29N5O4S. The van der Waals surface area contributed by atoms with Gasteiger partial charge in [0.2, 0.25) is 10.0 Å². The SMILES string of the molecule is CCN(CC)c1ccc(N2CCN(S(=O)(=O)c3ccc(OC)c(OC)c3)CC2)nn1. The van der Waals surface area contributed by atoms with E-state index in [-0.39, 0.29) is 4.90 Å². The third-order valence-electron chi connectivity index (χ3n) is 5.28. The van der Waals surface area contributed by atoms with Gasteiger partial charge in [-0.15, -0.1) is 10.2 Å². The highest BCUT2D eigenvalue weighted by Crippen LogP contribution is 2.31. The van der Waals surface area contributed by atoms with Crippen LogP contribution in [0.1, 0.15) is 13.8 Å². The topological polar surface area (TPSA) is 88.1 Å². The molecule has 0 unspecified atom stereocenters. The van der Waals surface area contributed by atoms with Crippen molar-refractivity contribution in [3.63, 3.8) is 0 Å². The maximum absolute atomic E-state index is 13.1. The molecule has 1 fully saturated rings. The van der Waals surface area contributed by atoms with Gasteiger partial charge in [-0.3, -0.25) is 0 Å². The number of hydrogen-bond acceptors (Lipinski definition) is 8. The first kappa shape index (κ1) is 22.1. The third-order valence-corrected chi connectivity index (χ3v) is 7.17. The number of rotatable bonds is 8. The molecule has 0 radical (unpaired) electrons. The molecule has 2 aromatic rings. The quantitative estimate of drug-likeness (QED) is 0.621. The van der Waals surface area contributed by atoms with Gasteiger partial charge >= 0.3 is 0 Å². The summed E-state index contributed by atoms with van der Waals surface area (Å²) in [5.41, 5.74) is 0. The first-order chi connectivity index (χ1) is 14.4. The van der Waals surface area contributed by atoms with Gasteiger partial charge in [-0.05, 0) is 38.1 Å². The second-order valence-corrected chi connectivity index (χ2v) is 8.77. The lowest BCUT2D eigenvalue weighted by atomic mass is 10.3. The summed E-state index contributed by atoms with van der Waals surface area (Å²) in [6.45, 7) is 7.74. The van der Waals surface area contributed by atoms with Crippen molar-refractivity contribution in [2.24, 2.45) is 0 Å². The first-order valence-corrected chi connectivity index (χ1v) is 11.4. The van der Waals surface area contributed by atoms with Crippen LogP contribution in [0.15, 0.2) is 35.2 Å². The molecular weight excluding hydrogens is 406 g/mol. The van der Waals surface area contributed by atoms with Crippen molar-refractivity contribution in [2.45, 2.75) is 18.7 Å². The normalized spacial score (nSPS) is 15.1. The van der Waals surface area contributed by atoms with Gasteiger partial charge < -0.3 is 19.3 Å². The Bertz CT molecular complexity index is 940. The molecule has 1 aliphatic rings. The number of piperazine rings is 1. The third kappa shape index (κ3) is 4.44. The highest BCUT2D eigenvalue weighted by molar-refractivity contribution is 7.89. The van der Waals surface area contributed by atoms with Gasteiger partial charge in [0, 0.05) is 45.3 Å². The number of ether oxygens (including phenoxy) is 2. The minimum absolute atomic E-state index is 0.192. The van der Waals surface area contributed by atoms with E-state index in [4.69, 9.17) is 9.47 Å². The van der Waals surface area contributed by atoms with E-state index in [1.165, 1.54) is 24.6 Å². The maximum atomic E-state index is 13.1. The Balaban J connectivity index is 1.69. The number of methoxy groups -OCH3 is 2. The summed E-state index contributed by atoms with van der Waals surface area (Å²) in [7, 11) is -0.619. The van der Waals surface area contributed by atoms with Crippen LogP contribution >= 0.6 is 0 Å². The summed E-state index contributed by atoms with van der Waals surface area (Å²) < 4.78 is 38.0. The summed E-state index contributed by atoms with van der Waals surface area (Å²) in [5.74, 6) is 2.49. The largest absolute Gasteiger partial charge is 0.493 e. The van der Waals surface area contributed by atoms with Crippen LogP contribution in [-0.2, 0) is 10.0 Å². The fourth-order valence-corrected chi connectivity index (χ4v) is 4.92. The molecule has 0 aliphatic carbocycles. The Morgan fingerprint density at radius 3 is 2.13 bits per heavy atom. The molecule has 10 heteroatoms. The zero-order valence-electron chi connectivity index (χ0n) is 17.9. The minimum atomic E-state index is -3.62.